The number of likely N-dealkylation sites (tertiary alicyclic amines) is 1. The first-order valence-corrected chi connectivity index (χ1v) is 6.85. The SMILES string of the molecule is COC1CCN(C(=O)CC(C)(C(=O)O)C(C)C)CC1. The molecule has 1 heterocycles. The molecule has 0 saturated carbocycles. The molecule has 1 rings (SSSR count). The van der Waals surface area contributed by atoms with Gasteiger partial charge in [0, 0.05) is 26.6 Å². The fourth-order valence-corrected chi connectivity index (χ4v) is 2.29. The molecule has 1 amide bonds. The zero-order chi connectivity index (χ0) is 14.6. The van der Waals surface area contributed by atoms with E-state index in [-0.39, 0.29) is 24.3 Å². The Morgan fingerprint density at radius 2 is 1.89 bits per heavy atom. The monoisotopic (exact) mass is 271 g/mol. The summed E-state index contributed by atoms with van der Waals surface area (Å²) in [6.45, 7) is 6.66. The minimum Gasteiger partial charge on any atom is -0.481 e. The molecule has 0 aromatic carbocycles. The Morgan fingerprint density at radius 1 is 1.37 bits per heavy atom. The third-order valence-corrected chi connectivity index (χ3v) is 4.41. The molecule has 110 valence electrons. The molecule has 5 nitrogen and oxygen atoms in total. The van der Waals surface area contributed by atoms with Gasteiger partial charge < -0.3 is 14.7 Å². The Hall–Kier alpha value is -1.10. The lowest BCUT2D eigenvalue weighted by Crippen LogP contribution is -2.45. The topological polar surface area (TPSA) is 66.8 Å². The van der Waals surface area contributed by atoms with Crippen LogP contribution in [0.25, 0.3) is 0 Å². The van der Waals surface area contributed by atoms with E-state index in [4.69, 9.17) is 4.74 Å². The first kappa shape index (κ1) is 16.0. The molecule has 1 aliphatic rings. The van der Waals surface area contributed by atoms with Crippen molar-refractivity contribution in [2.75, 3.05) is 20.2 Å². The molecule has 0 aromatic heterocycles. The van der Waals surface area contributed by atoms with Gasteiger partial charge in [-0.2, -0.15) is 0 Å². The highest BCUT2D eigenvalue weighted by Gasteiger charge is 2.40. The van der Waals surface area contributed by atoms with E-state index in [0.717, 1.165) is 12.8 Å². The molecule has 1 atom stereocenters. The van der Waals surface area contributed by atoms with Crippen LogP contribution in [-0.4, -0.2) is 48.2 Å². The van der Waals surface area contributed by atoms with Gasteiger partial charge in [0.1, 0.15) is 0 Å². The summed E-state index contributed by atoms with van der Waals surface area (Å²) in [5.74, 6) is -1.04. The van der Waals surface area contributed by atoms with E-state index in [1.165, 1.54) is 0 Å². The van der Waals surface area contributed by atoms with E-state index in [0.29, 0.717) is 13.1 Å². The maximum Gasteiger partial charge on any atom is 0.310 e. The quantitative estimate of drug-likeness (QED) is 0.827. The minimum atomic E-state index is -0.991. The molecule has 0 aliphatic carbocycles. The average Bonchev–Trinajstić information content (AvgIpc) is 2.38. The number of methoxy groups -OCH3 is 1. The first-order valence-electron chi connectivity index (χ1n) is 6.85. The summed E-state index contributed by atoms with van der Waals surface area (Å²) in [6, 6.07) is 0. The molecule has 0 radical (unpaired) electrons. The number of hydrogen-bond donors (Lipinski definition) is 1. The summed E-state index contributed by atoms with van der Waals surface area (Å²) in [7, 11) is 1.68. The molecule has 1 saturated heterocycles. The van der Waals surface area contributed by atoms with Crippen molar-refractivity contribution >= 4 is 11.9 Å². The second kappa shape index (κ2) is 6.37. The minimum absolute atomic E-state index is 0.0619. The molecule has 1 aliphatic heterocycles. The molecular formula is C14H25NO4. The third kappa shape index (κ3) is 3.69. The Balaban J connectivity index is 2.62. The molecular weight excluding hydrogens is 246 g/mol. The van der Waals surface area contributed by atoms with Crippen molar-refractivity contribution in [3.05, 3.63) is 0 Å². The molecule has 1 unspecified atom stereocenters. The molecule has 5 heteroatoms. The zero-order valence-electron chi connectivity index (χ0n) is 12.3. The molecule has 0 aromatic rings. The van der Waals surface area contributed by atoms with Crippen LogP contribution in [0.4, 0.5) is 0 Å². The van der Waals surface area contributed by atoms with Crippen LogP contribution in [-0.2, 0) is 14.3 Å². The number of rotatable bonds is 5. The van der Waals surface area contributed by atoms with E-state index >= 15 is 0 Å². The number of ether oxygens (including phenoxy) is 1. The maximum atomic E-state index is 12.2. The smallest absolute Gasteiger partial charge is 0.310 e. The second-order valence-electron chi connectivity index (χ2n) is 5.87. The number of carbonyl (C=O) groups is 2. The predicted molar refractivity (Wildman–Crippen MR) is 71.8 cm³/mol. The van der Waals surface area contributed by atoms with Crippen molar-refractivity contribution < 1.29 is 19.4 Å². The number of piperidine rings is 1. The van der Waals surface area contributed by atoms with Crippen molar-refractivity contribution in [3.63, 3.8) is 0 Å². The van der Waals surface area contributed by atoms with Crippen molar-refractivity contribution in [2.24, 2.45) is 11.3 Å². The standard InChI is InChI=1S/C14H25NO4/c1-10(2)14(3,13(17)18)9-12(16)15-7-5-11(19-4)6-8-15/h10-11H,5-9H2,1-4H3,(H,17,18). The molecule has 0 bridgehead atoms. The van der Waals surface area contributed by atoms with Gasteiger partial charge in [0.25, 0.3) is 0 Å². The first-order chi connectivity index (χ1) is 8.81. The van der Waals surface area contributed by atoms with E-state index in [2.05, 4.69) is 0 Å². The van der Waals surface area contributed by atoms with Gasteiger partial charge in [-0.15, -0.1) is 0 Å². The van der Waals surface area contributed by atoms with Crippen molar-refractivity contribution in [2.45, 2.75) is 46.1 Å². The number of carboxylic acid groups (broad SMARTS) is 1. The van der Waals surface area contributed by atoms with Crippen LogP contribution in [0.1, 0.15) is 40.0 Å². The summed E-state index contributed by atoms with van der Waals surface area (Å²) >= 11 is 0. The van der Waals surface area contributed by atoms with E-state index in [1.54, 1.807) is 18.9 Å². The van der Waals surface area contributed by atoms with E-state index < -0.39 is 11.4 Å². The van der Waals surface area contributed by atoms with Gasteiger partial charge >= 0.3 is 5.97 Å². The summed E-state index contributed by atoms with van der Waals surface area (Å²) in [5, 5.41) is 9.34. The van der Waals surface area contributed by atoms with E-state index in [9.17, 15) is 14.7 Å². The molecule has 0 spiro atoms. The number of nitrogens with zero attached hydrogens (tertiary/aromatic N) is 1. The van der Waals surface area contributed by atoms with Gasteiger partial charge in [-0.25, -0.2) is 0 Å². The summed E-state index contributed by atoms with van der Waals surface area (Å²) < 4.78 is 5.26. The highest BCUT2D eigenvalue weighted by molar-refractivity contribution is 5.85. The lowest BCUT2D eigenvalue weighted by Gasteiger charge is -2.35. The van der Waals surface area contributed by atoms with Crippen LogP contribution in [0.3, 0.4) is 0 Å². The van der Waals surface area contributed by atoms with Crippen LogP contribution < -0.4 is 0 Å². The molecule has 1 N–H and O–H groups in total. The Kier molecular flexibility index (Phi) is 5.35. The van der Waals surface area contributed by atoms with Crippen LogP contribution in [0, 0.1) is 11.3 Å². The van der Waals surface area contributed by atoms with Gasteiger partial charge in [0.2, 0.25) is 5.91 Å². The lowest BCUT2D eigenvalue weighted by atomic mass is 9.76. The van der Waals surface area contributed by atoms with Gasteiger partial charge in [0.15, 0.2) is 0 Å². The van der Waals surface area contributed by atoms with Gasteiger partial charge in [0.05, 0.1) is 11.5 Å². The maximum absolute atomic E-state index is 12.2. The highest BCUT2D eigenvalue weighted by atomic mass is 16.5. The number of hydrogen-bond acceptors (Lipinski definition) is 3. The number of carboxylic acids is 1. The average molecular weight is 271 g/mol. The molecule has 1 fully saturated rings. The van der Waals surface area contributed by atoms with Gasteiger partial charge in [-0.1, -0.05) is 13.8 Å². The Bertz CT molecular complexity index is 334. The number of amides is 1. The van der Waals surface area contributed by atoms with Crippen molar-refractivity contribution in [3.8, 4) is 0 Å². The van der Waals surface area contributed by atoms with Crippen molar-refractivity contribution in [1.29, 1.82) is 0 Å². The predicted octanol–water partition coefficient (Wildman–Crippen LogP) is 1.76. The highest BCUT2D eigenvalue weighted by Crippen LogP contribution is 2.32. The third-order valence-electron chi connectivity index (χ3n) is 4.41. The van der Waals surface area contributed by atoms with Gasteiger partial charge in [-0.05, 0) is 25.7 Å². The number of aliphatic carboxylic acids is 1. The van der Waals surface area contributed by atoms with Crippen molar-refractivity contribution in [1.82, 2.24) is 4.90 Å². The Labute approximate surface area is 114 Å². The lowest BCUT2D eigenvalue weighted by molar-refractivity contribution is -0.156. The Morgan fingerprint density at radius 3 is 2.26 bits per heavy atom. The number of carbonyl (C=O) groups excluding carboxylic acids is 1. The normalized spacial score (nSPS) is 20.4. The fourth-order valence-electron chi connectivity index (χ4n) is 2.29. The molecule has 19 heavy (non-hydrogen) atoms. The van der Waals surface area contributed by atoms with Crippen LogP contribution >= 0.6 is 0 Å². The summed E-state index contributed by atoms with van der Waals surface area (Å²) in [4.78, 5) is 25.4. The van der Waals surface area contributed by atoms with Crippen LogP contribution in [0.2, 0.25) is 0 Å². The summed E-state index contributed by atoms with van der Waals surface area (Å²) in [6.07, 6.45) is 1.94. The second-order valence-corrected chi connectivity index (χ2v) is 5.87. The summed E-state index contributed by atoms with van der Waals surface area (Å²) in [5.41, 5.74) is -0.991. The zero-order valence-corrected chi connectivity index (χ0v) is 12.3. The van der Waals surface area contributed by atoms with E-state index in [1.807, 2.05) is 13.8 Å². The van der Waals surface area contributed by atoms with Crippen LogP contribution in [0.5, 0.6) is 0 Å². The van der Waals surface area contributed by atoms with Gasteiger partial charge in [-0.3, -0.25) is 9.59 Å². The van der Waals surface area contributed by atoms with Crippen LogP contribution in [0.15, 0.2) is 0 Å². The fraction of sp³-hybridized carbons (Fsp3) is 0.857. The largest absolute Gasteiger partial charge is 0.481 e.